The molecule has 0 unspecified atom stereocenters. The monoisotopic (exact) mass is 331 g/mol. The average Bonchev–Trinajstić information content (AvgIpc) is 2.57. The van der Waals surface area contributed by atoms with Gasteiger partial charge in [-0.15, -0.1) is 0 Å². The quantitative estimate of drug-likeness (QED) is 0.792. The van der Waals surface area contributed by atoms with Gasteiger partial charge in [-0.2, -0.15) is 0 Å². The van der Waals surface area contributed by atoms with Crippen molar-refractivity contribution in [3.8, 4) is 5.75 Å². The number of carbonyl (C=O) groups excluding carboxylic acids is 2. The molecule has 0 saturated carbocycles. The van der Waals surface area contributed by atoms with Crippen molar-refractivity contribution in [2.45, 2.75) is 13.3 Å². The molecule has 0 aromatic heterocycles. The normalized spacial score (nSPS) is 10.1. The van der Waals surface area contributed by atoms with E-state index in [2.05, 4.69) is 5.32 Å². The van der Waals surface area contributed by atoms with E-state index < -0.39 is 24.3 Å². The van der Waals surface area contributed by atoms with E-state index in [9.17, 15) is 14.0 Å². The molecule has 0 fully saturated rings. The van der Waals surface area contributed by atoms with Crippen molar-refractivity contribution in [1.29, 1.82) is 0 Å². The van der Waals surface area contributed by atoms with E-state index in [4.69, 9.17) is 9.47 Å². The summed E-state index contributed by atoms with van der Waals surface area (Å²) in [6.07, 6.45) is -0.219. The van der Waals surface area contributed by atoms with Crippen molar-refractivity contribution in [1.82, 2.24) is 0 Å². The molecule has 0 spiro atoms. The molecule has 0 saturated heterocycles. The van der Waals surface area contributed by atoms with Gasteiger partial charge in [-0.25, -0.2) is 4.39 Å². The Bertz CT molecular complexity index is 700. The third-order valence-corrected chi connectivity index (χ3v) is 3.11. The van der Waals surface area contributed by atoms with Crippen LogP contribution >= 0.6 is 0 Å². The number of esters is 1. The Hall–Kier alpha value is -2.89. The Labute approximate surface area is 139 Å². The molecule has 0 heterocycles. The van der Waals surface area contributed by atoms with Gasteiger partial charge in [0, 0.05) is 5.69 Å². The van der Waals surface area contributed by atoms with Crippen LogP contribution in [0.1, 0.15) is 12.5 Å². The van der Waals surface area contributed by atoms with Crippen LogP contribution in [0.2, 0.25) is 0 Å². The minimum absolute atomic E-state index is 0.219. The first-order valence-electron chi connectivity index (χ1n) is 7.50. The highest BCUT2D eigenvalue weighted by Crippen LogP contribution is 2.15. The highest BCUT2D eigenvalue weighted by molar-refractivity contribution is 5.92. The minimum atomic E-state index is -0.665. The number of hydrogen-bond acceptors (Lipinski definition) is 4. The van der Waals surface area contributed by atoms with Crippen LogP contribution in [0.3, 0.4) is 0 Å². The Kier molecular flexibility index (Phi) is 6.31. The maximum Gasteiger partial charge on any atom is 0.310 e. The van der Waals surface area contributed by atoms with Crippen LogP contribution in [0.15, 0.2) is 48.5 Å². The topological polar surface area (TPSA) is 64.6 Å². The summed E-state index contributed by atoms with van der Waals surface area (Å²) in [6.45, 7) is 2.01. The van der Waals surface area contributed by atoms with E-state index in [-0.39, 0.29) is 12.0 Å². The second kappa shape index (κ2) is 8.67. The van der Waals surface area contributed by atoms with E-state index in [0.717, 1.165) is 0 Å². The molecule has 0 aliphatic carbocycles. The lowest BCUT2D eigenvalue weighted by Gasteiger charge is -2.08. The maximum absolute atomic E-state index is 13.4. The zero-order chi connectivity index (χ0) is 17.4. The fraction of sp³-hybridized carbons (Fsp3) is 0.222. The summed E-state index contributed by atoms with van der Waals surface area (Å²) in [5, 5.41) is 2.60. The fourth-order valence-corrected chi connectivity index (χ4v) is 1.99. The molecule has 6 heteroatoms. The van der Waals surface area contributed by atoms with Crippen molar-refractivity contribution in [3.05, 3.63) is 59.9 Å². The summed E-state index contributed by atoms with van der Waals surface area (Å²) in [6, 6.07) is 12.7. The van der Waals surface area contributed by atoms with E-state index in [1.54, 1.807) is 30.3 Å². The lowest BCUT2D eigenvalue weighted by Crippen LogP contribution is -2.21. The number of ether oxygens (including phenoxy) is 2. The molecule has 5 nitrogen and oxygen atoms in total. The van der Waals surface area contributed by atoms with E-state index in [0.29, 0.717) is 18.0 Å². The summed E-state index contributed by atoms with van der Waals surface area (Å²) >= 11 is 0. The van der Waals surface area contributed by atoms with Gasteiger partial charge in [0.2, 0.25) is 0 Å². The van der Waals surface area contributed by atoms with Gasteiger partial charge in [-0.05, 0) is 42.8 Å². The standard InChI is InChI=1S/C18H18FNO4/c1-2-23-15-9-7-14(8-10-15)20-17(21)12-24-18(22)11-13-5-3-4-6-16(13)19/h3-10H,2,11-12H2,1H3,(H,20,21). The predicted octanol–water partition coefficient (Wildman–Crippen LogP) is 2.95. The summed E-state index contributed by atoms with van der Waals surface area (Å²) in [7, 11) is 0. The zero-order valence-corrected chi connectivity index (χ0v) is 13.3. The number of nitrogens with one attached hydrogen (secondary N) is 1. The molecule has 0 atom stereocenters. The van der Waals surface area contributed by atoms with Crippen molar-refractivity contribution in [2.75, 3.05) is 18.5 Å². The third-order valence-electron chi connectivity index (χ3n) is 3.11. The third kappa shape index (κ3) is 5.39. The molecule has 24 heavy (non-hydrogen) atoms. The number of amides is 1. The van der Waals surface area contributed by atoms with Crippen molar-refractivity contribution in [2.24, 2.45) is 0 Å². The van der Waals surface area contributed by atoms with Crippen LogP contribution in [-0.4, -0.2) is 25.1 Å². The van der Waals surface area contributed by atoms with E-state index in [1.807, 2.05) is 6.92 Å². The molecule has 1 amide bonds. The molecule has 2 aromatic carbocycles. The van der Waals surface area contributed by atoms with Crippen molar-refractivity contribution < 1.29 is 23.5 Å². The first kappa shape index (κ1) is 17.5. The highest BCUT2D eigenvalue weighted by Gasteiger charge is 2.11. The molecular weight excluding hydrogens is 313 g/mol. The van der Waals surface area contributed by atoms with Gasteiger partial charge < -0.3 is 14.8 Å². The maximum atomic E-state index is 13.4. The minimum Gasteiger partial charge on any atom is -0.494 e. The largest absolute Gasteiger partial charge is 0.494 e. The van der Waals surface area contributed by atoms with E-state index in [1.165, 1.54) is 18.2 Å². The molecule has 0 aliphatic rings. The number of hydrogen-bond donors (Lipinski definition) is 1. The number of anilines is 1. The molecule has 0 aliphatic heterocycles. The summed E-state index contributed by atoms with van der Waals surface area (Å²) in [5.41, 5.74) is 0.794. The SMILES string of the molecule is CCOc1ccc(NC(=O)COC(=O)Cc2ccccc2F)cc1. The molecule has 0 bridgehead atoms. The fourth-order valence-electron chi connectivity index (χ4n) is 1.99. The van der Waals surface area contributed by atoms with Crippen LogP contribution in [0.25, 0.3) is 0 Å². The first-order valence-corrected chi connectivity index (χ1v) is 7.50. The Morgan fingerprint density at radius 2 is 1.79 bits per heavy atom. The Balaban J connectivity index is 1.78. The van der Waals surface area contributed by atoms with Crippen LogP contribution in [-0.2, 0) is 20.7 Å². The molecule has 2 aromatic rings. The molecular formula is C18H18FNO4. The van der Waals surface area contributed by atoms with Crippen LogP contribution < -0.4 is 10.1 Å². The van der Waals surface area contributed by atoms with Gasteiger partial charge in [0.1, 0.15) is 11.6 Å². The summed E-state index contributed by atoms with van der Waals surface area (Å²) in [4.78, 5) is 23.4. The summed E-state index contributed by atoms with van der Waals surface area (Å²) in [5.74, 6) is -0.914. The smallest absolute Gasteiger partial charge is 0.310 e. The zero-order valence-electron chi connectivity index (χ0n) is 13.3. The first-order chi connectivity index (χ1) is 11.6. The molecule has 1 N–H and O–H groups in total. The van der Waals surface area contributed by atoms with Crippen LogP contribution in [0.5, 0.6) is 5.75 Å². The number of carbonyl (C=O) groups is 2. The second-order valence-electron chi connectivity index (χ2n) is 4.93. The Morgan fingerprint density at radius 1 is 1.08 bits per heavy atom. The Morgan fingerprint density at radius 3 is 2.46 bits per heavy atom. The van der Waals surface area contributed by atoms with Gasteiger partial charge in [0.15, 0.2) is 6.61 Å². The lowest BCUT2D eigenvalue weighted by molar-refractivity contribution is -0.146. The molecule has 126 valence electrons. The second-order valence-corrected chi connectivity index (χ2v) is 4.93. The molecule has 0 radical (unpaired) electrons. The van der Waals surface area contributed by atoms with Crippen molar-refractivity contribution >= 4 is 17.6 Å². The van der Waals surface area contributed by atoms with Gasteiger partial charge in [0.05, 0.1) is 13.0 Å². The van der Waals surface area contributed by atoms with Crippen LogP contribution in [0.4, 0.5) is 10.1 Å². The van der Waals surface area contributed by atoms with Crippen LogP contribution in [0, 0.1) is 5.82 Å². The van der Waals surface area contributed by atoms with E-state index >= 15 is 0 Å². The number of rotatable bonds is 7. The number of halogens is 1. The number of benzene rings is 2. The van der Waals surface area contributed by atoms with Gasteiger partial charge >= 0.3 is 5.97 Å². The van der Waals surface area contributed by atoms with Gasteiger partial charge in [0.25, 0.3) is 5.91 Å². The van der Waals surface area contributed by atoms with Crippen molar-refractivity contribution in [3.63, 3.8) is 0 Å². The predicted molar refractivity (Wildman–Crippen MR) is 87.3 cm³/mol. The van der Waals surface area contributed by atoms with Gasteiger partial charge in [-0.1, -0.05) is 18.2 Å². The lowest BCUT2D eigenvalue weighted by atomic mass is 10.1. The average molecular weight is 331 g/mol. The highest BCUT2D eigenvalue weighted by atomic mass is 19.1. The van der Waals surface area contributed by atoms with Gasteiger partial charge in [-0.3, -0.25) is 9.59 Å². The molecule has 2 rings (SSSR count). The summed E-state index contributed by atoms with van der Waals surface area (Å²) < 4.78 is 23.6.